The van der Waals surface area contributed by atoms with Crippen molar-refractivity contribution < 1.29 is 4.74 Å². The topological polar surface area (TPSA) is 45.0 Å². The summed E-state index contributed by atoms with van der Waals surface area (Å²) in [6.45, 7) is 0.507. The van der Waals surface area contributed by atoms with Crippen molar-refractivity contribution in [3.05, 3.63) is 57.0 Å². The van der Waals surface area contributed by atoms with Crippen LogP contribution >= 0.6 is 27.5 Å². The Labute approximate surface area is 131 Å². The van der Waals surface area contributed by atoms with Gasteiger partial charge in [-0.1, -0.05) is 33.6 Å². The molecular weight excluding hydrogens is 340 g/mol. The molecule has 0 bridgehead atoms. The zero-order chi connectivity index (χ0) is 14.5. The highest BCUT2D eigenvalue weighted by molar-refractivity contribution is 9.10. The minimum Gasteiger partial charge on any atom is -0.495 e. The van der Waals surface area contributed by atoms with E-state index >= 15 is 0 Å². The van der Waals surface area contributed by atoms with E-state index in [0.717, 1.165) is 10.0 Å². The van der Waals surface area contributed by atoms with Crippen molar-refractivity contribution in [3.63, 3.8) is 0 Å². The number of hydrogen-bond acceptors (Lipinski definition) is 3. The number of methoxy groups -OCH3 is 1. The highest BCUT2D eigenvalue weighted by Crippen LogP contribution is 2.29. The second-order valence-corrected chi connectivity index (χ2v) is 5.41. The Bertz CT molecular complexity index is 667. The summed E-state index contributed by atoms with van der Waals surface area (Å²) in [6, 6.07) is 13.1. The van der Waals surface area contributed by atoms with Crippen molar-refractivity contribution in [2.24, 2.45) is 0 Å². The van der Waals surface area contributed by atoms with E-state index in [1.165, 1.54) is 0 Å². The average Bonchev–Trinajstić information content (AvgIpc) is 2.47. The summed E-state index contributed by atoms with van der Waals surface area (Å²) >= 11 is 9.57. The van der Waals surface area contributed by atoms with Gasteiger partial charge in [0.05, 0.1) is 18.4 Å². The van der Waals surface area contributed by atoms with E-state index in [0.29, 0.717) is 28.6 Å². The lowest BCUT2D eigenvalue weighted by Crippen LogP contribution is -2.04. The normalized spacial score (nSPS) is 9.90. The number of halogens is 2. The predicted molar refractivity (Wildman–Crippen MR) is 84.2 cm³/mol. The second-order valence-electron chi connectivity index (χ2n) is 4.08. The smallest absolute Gasteiger partial charge is 0.143 e. The van der Waals surface area contributed by atoms with Crippen molar-refractivity contribution >= 4 is 33.2 Å². The second kappa shape index (κ2) is 6.65. The third kappa shape index (κ3) is 3.24. The maximum Gasteiger partial charge on any atom is 0.143 e. The van der Waals surface area contributed by atoms with Crippen LogP contribution in [0, 0.1) is 11.3 Å². The molecule has 0 heterocycles. The van der Waals surface area contributed by atoms with Crippen LogP contribution in [-0.4, -0.2) is 7.11 Å². The Hall–Kier alpha value is -1.70. The molecule has 2 rings (SSSR count). The van der Waals surface area contributed by atoms with Gasteiger partial charge in [-0.3, -0.25) is 0 Å². The van der Waals surface area contributed by atoms with Crippen LogP contribution in [0.3, 0.4) is 0 Å². The molecule has 0 radical (unpaired) electrons. The van der Waals surface area contributed by atoms with Gasteiger partial charge in [0, 0.05) is 16.0 Å². The Morgan fingerprint density at radius 3 is 2.85 bits per heavy atom. The van der Waals surface area contributed by atoms with Gasteiger partial charge in [-0.2, -0.15) is 5.26 Å². The lowest BCUT2D eigenvalue weighted by molar-refractivity contribution is 0.416. The summed E-state index contributed by atoms with van der Waals surface area (Å²) in [6.07, 6.45) is 0. The molecule has 0 aliphatic heterocycles. The van der Waals surface area contributed by atoms with E-state index in [9.17, 15) is 0 Å². The van der Waals surface area contributed by atoms with Gasteiger partial charge in [0.25, 0.3) is 0 Å². The first kappa shape index (κ1) is 14.7. The summed E-state index contributed by atoms with van der Waals surface area (Å²) in [5, 5.41) is 13.0. The third-order valence-electron chi connectivity index (χ3n) is 2.83. The van der Waals surface area contributed by atoms with Gasteiger partial charge in [-0.05, 0) is 35.9 Å². The lowest BCUT2D eigenvalue weighted by atomic mass is 10.1. The molecule has 0 amide bonds. The Morgan fingerprint density at radius 2 is 2.15 bits per heavy atom. The molecule has 0 fully saturated rings. The SMILES string of the molecule is COc1cccc(C#N)c1NCc1cc(Br)ccc1Cl. The quantitative estimate of drug-likeness (QED) is 0.876. The molecule has 20 heavy (non-hydrogen) atoms. The molecule has 0 atom stereocenters. The maximum absolute atomic E-state index is 9.16. The van der Waals surface area contributed by atoms with Crippen LogP contribution in [-0.2, 0) is 6.54 Å². The standard InChI is InChI=1S/C15H12BrClN2O/c1-20-14-4-2-3-10(8-18)15(14)19-9-11-7-12(16)5-6-13(11)17/h2-7,19H,9H2,1H3. The summed E-state index contributed by atoms with van der Waals surface area (Å²) in [7, 11) is 1.58. The largest absolute Gasteiger partial charge is 0.495 e. The fourth-order valence-electron chi connectivity index (χ4n) is 1.84. The number of nitrogens with one attached hydrogen (secondary N) is 1. The summed E-state index contributed by atoms with van der Waals surface area (Å²) in [4.78, 5) is 0. The first-order chi connectivity index (χ1) is 9.65. The number of anilines is 1. The van der Waals surface area contributed by atoms with Gasteiger partial charge in [0.2, 0.25) is 0 Å². The Balaban J connectivity index is 2.27. The van der Waals surface area contributed by atoms with E-state index in [-0.39, 0.29) is 0 Å². The van der Waals surface area contributed by atoms with Crippen LogP contribution in [0.1, 0.15) is 11.1 Å². The Morgan fingerprint density at radius 1 is 1.35 bits per heavy atom. The molecule has 2 aromatic carbocycles. The minimum absolute atomic E-state index is 0.507. The molecule has 1 N–H and O–H groups in total. The van der Waals surface area contributed by atoms with Crippen LogP contribution in [0.5, 0.6) is 5.75 Å². The number of para-hydroxylation sites is 1. The lowest BCUT2D eigenvalue weighted by Gasteiger charge is -2.13. The highest BCUT2D eigenvalue weighted by atomic mass is 79.9. The molecule has 5 heteroatoms. The van der Waals surface area contributed by atoms with Crippen molar-refractivity contribution in [2.45, 2.75) is 6.54 Å². The molecule has 0 aromatic heterocycles. The first-order valence-electron chi connectivity index (χ1n) is 5.90. The molecule has 0 saturated carbocycles. The van der Waals surface area contributed by atoms with Gasteiger partial charge >= 0.3 is 0 Å². The van der Waals surface area contributed by atoms with Crippen LogP contribution in [0.15, 0.2) is 40.9 Å². The van der Waals surface area contributed by atoms with Crippen molar-refractivity contribution in [2.75, 3.05) is 12.4 Å². The number of benzene rings is 2. The zero-order valence-electron chi connectivity index (χ0n) is 10.8. The van der Waals surface area contributed by atoms with E-state index in [1.807, 2.05) is 24.3 Å². The maximum atomic E-state index is 9.16. The summed E-state index contributed by atoms with van der Waals surface area (Å²) in [5.41, 5.74) is 2.15. The number of rotatable bonds is 4. The number of hydrogen-bond donors (Lipinski definition) is 1. The molecule has 0 aliphatic rings. The van der Waals surface area contributed by atoms with Crippen LogP contribution in [0.2, 0.25) is 5.02 Å². The van der Waals surface area contributed by atoms with Gasteiger partial charge in [0.1, 0.15) is 11.8 Å². The van der Waals surface area contributed by atoms with E-state index in [1.54, 1.807) is 19.2 Å². The summed E-state index contributed by atoms with van der Waals surface area (Å²) in [5.74, 6) is 0.634. The van der Waals surface area contributed by atoms with Crippen LogP contribution in [0.4, 0.5) is 5.69 Å². The van der Waals surface area contributed by atoms with Gasteiger partial charge in [0.15, 0.2) is 0 Å². The number of nitrogens with zero attached hydrogens (tertiary/aromatic N) is 1. The fraction of sp³-hybridized carbons (Fsp3) is 0.133. The molecular formula is C15H12BrClN2O. The van der Waals surface area contributed by atoms with Crippen LogP contribution < -0.4 is 10.1 Å². The first-order valence-corrected chi connectivity index (χ1v) is 7.07. The number of nitriles is 1. The van der Waals surface area contributed by atoms with Crippen LogP contribution in [0.25, 0.3) is 0 Å². The molecule has 102 valence electrons. The van der Waals surface area contributed by atoms with Crippen molar-refractivity contribution in [1.82, 2.24) is 0 Å². The van der Waals surface area contributed by atoms with Crippen molar-refractivity contribution in [3.8, 4) is 11.8 Å². The Kier molecular flexibility index (Phi) is 4.89. The molecule has 0 aliphatic carbocycles. The fourth-order valence-corrected chi connectivity index (χ4v) is 2.43. The molecule has 0 spiro atoms. The van der Waals surface area contributed by atoms with Gasteiger partial charge < -0.3 is 10.1 Å². The minimum atomic E-state index is 0.507. The van der Waals surface area contributed by atoms with E-state index < -0.39 is 0 Å². The van der Waals surface area contributed by atoms with Gasteiger partial charge in [-0.25, -0.2) is 0 Å². The van der Waals surface area contributed by atoms with Crippen molar-refractivity contribution in [1.29, 1.82) is 5.26 Å². The molecule has 2 aromatic rings. The van der Waals surface area contributed by atoms with E-state index in [2.05, 4.69) is 27.3 Å². The highest BCUT2D eigenvalue weighted by Gasteiger charge is 2.09. The number of ether oxygens (including phenoxy) is 1. The molecule has 0 saturated heterocycles. The van der Waals surface area contributed by atoms with Gasteiger partial charge in [-0.15, -0.1) is 0 Å². The zero-order valence-corrected chi connectivity index (χ0v) is 13.1. The average molecular weight is 352 g/mol. The summed E-state index contributed by atoms with van der Waals surface area (Å²) < 4.78 is 6.23. The third-order valence-corrected chi connectivity index (χ3v) is 3.69. The predicted octanol–water partition coefficient (Wildman–Crippen LogP) is 4.59. The molecule has 3 nitrogen and oxygen atoms in total. The monoisotopic (exact) mass is 350 g/mol. The molecule has 0 unspecified atom stereocenters. The van der Waals surface area contributed by atoms with E-state index in [4.69, 9.17) is 21.6 Å².